The zero-order valence-electron chi connectivity index (χ0n) is 8.02. The Labute approximate surface area is 87.1 Å². The topological polar surface area (TPSA) is 45.0 Å². The van der Waals surface area contributed by atoms with Crippen molar-refractivity contribution in [3.63, 3.8) is 0 Å². The van der Waals surface area contributed by atoms with Gasteiger partial charge in [-0.3, -0.25) is 4.99 Å². The molecular weight excluding hydrogens is 204 g/mol. The third-order valence-corrected chi connectivity index (χ3v) is 4.38. The Hall–Kier alpha value is -0.160. The zero-order chi connectivity index (χ0) is 9.90. The maximum Gasteiger partial charge on any atom is 0.125 e. The Balaban J connectivity index is 2.63. The molecule has 0 aliphatic carbocycles. The number of nitrogens with zero attached hydrogens (tertiary/aromatic N) is 2. The van der Waals surface area contributed by atoms with E-state index < -0.39 is 0 Å². The summed E-state index contributed by atoms with van der Waals surface area (Å²) >= 11 is 3.40. The lowest BCUT2D eigenvalue weighted by Crippen LogP contribution is -2.21. The molecule has 0 bridgehead atoms. The third kappa shape index (κ3) is 3.23. The molecule has 0 aromatic rings. The lowest BCUT2D eigenvalue weighted by molar-refractivity contribution is 0.320. The highest BCUT2D eigenvalue weighted by Gasteiger charge is 2.33. The Bertz CT molecular complexity index is 240. The Kier molecular flexibility index (Phi) is 3.67. The van der Waals surface area contributed by atoms with Crippen molar-refractivity contribution in [3.8, 4) is 0 Å². The van der Waals surface area contributed by atoms with E-state index in [0.29, 0.717) is 6.04 Å². The third-order valence-electron chi connectivity index (χ3n) is 1.50. The van der Waals surface area contributed by atoms with Crippen molar-refractivity contribution in [2.45, 2.75) is 31.6 Å². The quantitative estimate of drug-likeness (QED) is 0.440. The van der Waals surface area contributed by atoms with Gasteiger partial charge in [-0.05, 0) is 20.8 Å². The van der Waals surface area contributed by atoms with Gasteiger partial charge >= 0.3 is 0 Å². The van der Waals surface area contributed by atoms with E-state index >= 15 is 0 Å². The minimum atomic E-state index is -0.0901. The van der Waals surface area contributed by atoms with E-state index in [2.05, 4.69) is 24.0 Å². The van der Waals surface area contributed by atoms with Gasteiger partial charge in [0.2, 0.25) is 0 Å². The fraction of sp³-hybridized carbons (Fsp3) is 0.750. The maximum atomic E-state index is 8.47. The summed E-state index contributed by atoms with van der Waals surface area (Å²) < 4.78 is 1.00. The number of rotatable bonds is 2. The van der Waals surface area contributed by atoms with E-state index in [4.69, 9.17) is 5.21 Å². The average Bonchev–Trinajstić information content (AvgIpc) is 2.31. The van der Waals surface area contributed by atoms with Crippen molar-refractivity contribution in [2.24, 2.45) is 10.1 Å². The van der Waals surface area contributed by atoms with Gasteiger partial charge in [-0.25, -0.2) is 0 Å². The first-order valence-corrected chi connectivity index (χ1v) is 5.94. The van der Waals surface area contributed by atoms with Crippen molar-refractivity contribution in [1.29, 1.82) is 0 Å². The van der Waals surface area contributed by atoms with Gasteiger partial charge in [-0.15, -0.1) is 5.16 Å². The number of oxime groups is 1. The highest BCUT2D eigenvalue weighted by Crippen LogP contribution is 2.40. The van der Waals surface area contributed by atoms with Crippen LogP contribution in [0.1, 0.15) is 20.8 Å². The molecule has 74 valence electrons. The lowest BCUT2D eigenvalue weighted by atomic mass is 10.2. The van der Waals surface area contributed by atoms with E-state index in [9.17, 15) is 0 Å². The summed E-state index contributed by atoms with van der Waals surface area (Å²) in [5.74, 6) is 0.924. The zero-order valence-corrected chi connectivity index (χ0v) is 9.65. The van der Waals surface area contributed by atoms with Crippen LogP contribution in [0.3, 0.4) is 0 Å². The van der Waals surface area contributed by atoms with Gasteiger partial charge in [0.15, 0.2) is 0 Å². The van der Waals surface area contributed by atoms with E-state index in [1.165, 1.54) is 0 Å². The number of aliphatic imine (C=N–C) groups is 1. The van der Waals surface area contributed by atoms with Crippen LogP contribution in [0.25, 0.3) is 0 Å². The molecule has 1 atom stereocenters. The van der Waals surface area contributed by atoms with Gasteiger partial charge in [-0.1, -0.05) is 23.5 Å². The molecule has 1 fully saturated rings. The van der Waals surface area contributed by atoms with E-state index in [1.54, 1.807) is 29.7 Å². The largest absolute Gasteiger partial charge is 0.411 e. The highest BCUT2D eigenvalue weighted by molar-refractivity contribution is 8.42. The molecule has 3 nitrogen and oxygen atoms in total. The first kappa shape index (κ1) is 10.9. The maximum absolute atomic E-state index is 8.47. The van der Waals surface area contributed by atoms with E-state index in [-0.39, 0.29) is 4.75 Å². The van der Waals surface area contributed by atoms with Crippen LogP contribution in [0.4, 0.5) is 0 Å². The molecule has 0 saturated carbocycles. The second-order valence-corrected chi connectivity index (χ2v) is 6.18. The molecule has 0 amide bonds. The number of thioether (sulfide) groups is 2. The summed E-state index contributed by atoms with van der Waals surface area (Å²) in [7, 11) is 0. The minimum absolute atomic E-state index is 0.0901. The van der Waals surface area contributed by atoms with Gasteiger partial charge in [0.25, 0.3) is 0 Å². The molecule has 0 radical (unpaired) electrons. The summed E-state index contributed by atoms with van der Waals surface area (Å²) in [5, 5.41) is 11.6. The number of hydrogen-bond donors (Lipinski definition) is 1. The van der Waals surface area contributed by atoms with Crippen molar-refractivity contribution >= 4 is 34.1 Å². The van der Waals surface area contributed by atoms with Gasteiger partial charge in [0, 0.05) is 11.8 Å². The molecule has 1 heterocycles. The highest BCUT2D eigenvalue weighted by atomic mass is 32.2. The second kappa shape index (κ2) is 4.37. The molecule has 1 aliphatic rings. The molecule has 1 aliphatic heterocycles. The van der Waals surface area contributed by atoms with Crippen LogP contribution in [0.2, 0.25) is 0 Å². The van der Waals surface area contributed by atoms with Gasteiger partial charge in [0.05, 0.1) is 11.0 Å². The summed E-state index contributed by atoms with van der Waals surface area (Å²) in [5.41, 5.74) is 0. The normalized spacial score (nSPS) is 32.5. The van der Waals surface area contributed by atoms with E-state index in [1.807, 2.05) is 6.92 Å². The first-order valence-electron chi connectivity index (χ1n) is 4.14. The van der Waals surface area contributed by atoms with Gasteiger partial charge < -0.3 is 5.21 Å². The second-order valence-electron chi connectivity index (χ2n) is 3.44. The van der Waals surface area contributed by atoms with Gasteiger partial charge in [-0.2, -0.15) is 0 Å². The van der Waals surface area contributed by atoms with Crippen LogP contribution in [-0.2, 0) is 0 Å². The van der Waals surface area contributed by atoms with Crippen molar-refractivity contribution in [2.75, 3.05) is 5.75 Å². The molecular formula is C8H14N2OS2. The van der Waals surface area contributed by atoms with Crippen LogP contribution < -0.4 is 0 Å². The molecule has 5 heteroatoms. The predicted molar refractivity (Wildman–Crippen MR) is 61.3 cm³/mol. The molecule has 13 heavy (non-hydrogen) atoms. The summed E-state index contributed by atoms with van der Waals surface area (Å²) in [4.78, 5) is 4.45. The SMILES string of the molecule is CC(C)N=C1SC[C@@](C)(/C=N\O)S1. The van der Waals surface area contributed by atoms with Crippen LogP contribution in [0.5, 0.6) is 0 Å². The smallest absolute Gasteiger partial charge is 0.125 e. The van der Waals surface area contributed by atoms with Crippen LogP contribution in [-0.4, -0.2) is 32.3 Å². The molecule has 0 aromatic carbocycles. The van der Waals surface area contributed by atoms with Crippen molar-refractivity contribution in [1.82, 2.24) is 0 Å². The van der Waals surface area contributed by atoms with Crippen molar-refractivity contribution < 1.29 is 5.21 Å². The minimum Gasteiger partial charge on any atom is -0.411 e. The molecule has 1 rings (SSSR count). The molecule has 0 spiro atoms. The van der Waals surface area contributed by atoms with Crippen LogP contribution >= 0.6 is 23.5 Å². The summed E-state index contributed by atoms with van der Waals surface area (Å²) in [6.07, 6.45) is 1.58. The fourth-order valence-electron chi connectivity index (χ4n) is 0.924. The van der Waals surface area contributed by atoms with Crippen LogP contribution in [0, 0.1) is 0 Å². The predicted octanol–water partition coefficient (Wildman–Crippen LogP) is 2.45. The molecule has 1 saturated heterocycles. The Morgan fingerprint density at radius 3 is 2.85 bits per heavy atom. The summed E-state index contributed by atoms with van der Waals surface area (Å²) in [6, 6.07) is 0.336. The fourth-order valence-corrected chi connectivity index (χ4v) is 3.85. The Morgan fingerprint density at radius 2 is 2.31 bits per heavy atom. The molecule has 0 unspecified atom stereocenters. The lowest BCUT2D eigenvalue weighted by Gasteiger charge is -2.12. The summed E-state index contributed by atoms with van der Waals surface area (Å²) in [6.45, 7) is 6.17. The average molecular weight is 218 g/mol. The molecule has 0 aromatic heterocycles. The monoisotopic (exact) mass is 218 g/mol. The Morgan fingerprint density at radius 1 is 1.62 bits per heavy atom. The molecule has 1 N–H and O–H groups in total. The van der Waals surface area contributed by atoms with Crippen molar-refractivity contribution in [3.05, 3.63) is 0 Å². The standard InChI is InChI=1S/C8H14N2OS2/c1-6(2)10-7-12-5-8(3,13-7)4-9-11/h4,6,11H,5H2,1-3H3/b9-4-,10-7?/t8-/m1/s1. The van der Waals surface area contributed by atoms with Crippen LogP contribution in [0.15, 0.2) is 10.1 Å². The van der Waals surface area contributed by atoms with E-state index in [0.717, 1.165) is 10.1 Å². The van der Waals surface area contributed by atoms with Gasteiger partial charge in [0.1, 0.15) is 4.38 Å². The number of hydrogen-bond acceptors (Lipinski definition) is 5. The first-order chi connectivity index (χ1) is 6.06.